The van der Waals surface area contributed by atoms with E-state index in [1.54, 1.807) is 30.3 Å². The second kappa shape index (κ2) is 6.81. The Bertz CT molecular complexity index is 611. The summed E-state index contributed by atoms with van der Waals surface area (Å²) in [5.74, 6) is -0.842. The Kier molecular flexibility index (Phi) is 5.09. The predicted molar refractivity (Wildman–Crippen MR) is 82.8 cm³/mol. The molecule has 0 aliphatic rings. The van der Waals surface area contributed by atoms with Crippen LogP contribution in [0, 0.1) is 0 Å². The zero-order valence-electron chi connectivity index (χ0n) is 10.5. The molecule has 0 bridgehead atoms. The van der Waals surface area contributed by atoms with Crippen LogP contribution in [-0.4, -0.2) is 15.3 Å². The first-order valence-electron chi connectivity index (χ1n) is 5.97. The lowest BCUT2D eigenvalue weighted by Crippen LogP contribution is -2.18. The fraction of sp³-hybridized carbons (Fsp3) is 0.133. The summed E-state index contributed by atoms with van der Waals surface area (Å²) in [6, 6.07) is 16.1. The largest absolute Gasteiger partial charge is 0.480 e. The Morgan fingerprint density at radius 1 is 1.10 bits per heavy atom. The molecular formula is C15H13BrO3S. The van der Waals surface area contributed by atoms with Crippen LogP contribution in [0.25, 0.3) is 0 Å². The van der Waals surface area contributed by atoms with E-state index in [0.29, 0.717) is 5.56 Å². The standard InChI is InChI=1S/C15H13BrO3S/c16-13-8-6-11(7-9-13)10-20(19)14(15(17)18)12-4-2-1-3-5-12/h1-9,14H,10H2,(H,17,18). The van der Waals surface area contributed by atoms with Crippen molar-refractivity contribution in [1.29, 1.82) is 0 Å². The molecule has 5 heteroatoms. The summed E-state index contributed by atoms with van der Waals surface area (Å²) in [6.45, 7) is 0. The molecule has 20 heavy (non-hydrogen) atoms. The lowest BCUT2D eigenvalue weighted by molar-refractivity contribution is -0.136. The van der Waals surface area contributed by atoms with Gasteiger partial charge in [-0.2, -0.15) is 0 Å². The van der Waals surface area contributed by atoms with E-state index >= 15 is 0 Å². The average Bonchev–Trinajstić information content (AvgIpc) is 2.42. The molecule has 0 fully saturated rings. The summed E-state index contributed by atoms with van der Waals surface area (Å²) in [7, 11) is -1.51. The maximum absolute atomic E-state index is 12.4. The van der Waals surface area contributed by atoms with Gasteiger partial charge in [-0.3, -0.25) is 9.00 Å². The third kappa shape index (κ3) is 3.77. The smallest absolute Gasteiger partial charge is 0.323 e. The highest BCUT2D eigenvalue weighted by molar-refractivity contribution is 9.10. The van der Waals surface area contributed by atoms with Gasteiger partial charge >= 0.3 is 5.97 Å². The number of aliphatic carboxylic acids is 1. The van der Waals surface area contributed by atoms with Crippen molar-refractivity contribution >= 4 is 32.7 Å². The molecule has 2 aromatic carbocycles. The molecular weight excluding hydrogens is 340 g/mol. The maximum atomic E-state index is 12.4. The third-order valence-electron chi connectivity index (χ3n) is 2.81. The van der Waals surface area contributed by atoms with E-state index < -0.39 is 22.0 Å². The first-order valence-corrected chi connectivity index (χ1v) is 8.15. The number of carbonyl (C=O) groups is 1. The fourth-order valence-electron chi connectivity index (χ4n) is 1.86. The topological polar surface area (TPSA) is 54.4 Å². The van der Waals surface area contributed by atoms with Crippen LogP contribution in [0.3, 0.4) is 0 Å². The van der Waals surface area contributed by atoms with Crippen LogP contribution in [0.1, 0.15) is 16.4 Å². The Morgan fingerprint density at radius 2 is 1.70 bits per heavy atom. The van der Waals surface area contributed by atoms with Gasteiger partial charge in [0.05, 0.1) is 0 Å². The van der Waals surface area contributed by atoms with Gasteiger partial charge in [0.1, 0.15) is 0 Å². The van der Waals surface area contributed by atoms with Gasteiger partial charge in [-0.1, -0.05) is 58.4 Å². The monoisotopic (exact) mass is 352 g/mol. The van der Waals surface area contributed by atoms with Gasteiger partial charge in [-0.05, 0) is 23.3 Å². The summed E-state index contributed by atoms with van der Waals surface area (Å²) >= 11 is 3.33. The number of benzene rings is 2. The molecule has 0 aliphatic carbocycles. The van der Waals surface area contributed by atoms with Gasteiger partial charge in [0.2, 0.25) is 0 Å². The summed E-state index contributed by atoms with van der Waals surface area (Å²) in [6.07, 6.45) is 0. The van der Waals surface area contributed by atoms with Crippen molar-refractivity contribution in [3.05, 3.63) is 70.2 Å². The highest BCUT2D eigenvalue weighted by Crippen LogP contribution is 2.23. The van der Waals surface area contributed by atoms with Gasteiger partial charge in [-0.25, -0.2) is 0 Å². The van der Waals surface area contributed by atoms with Crippen molar-refractivity contribution in [1.82, 2.24) is 0 Å². The summed E-state index contributed by atoms with van der Waals surface area (Å²) in [4.78, 5) is 11.4. The molecule has 2 atom stereocenters. The molecule has 0 aliphatic heterocycles. The molecule has 0 radical (unpaired) electrons. The van der Waals surface area contributed by atoms with Crippen molar-refractivity contribution in [3.63, 3.8) is 0 Å². The SMILES string of the molecule is O=C(O)C(c1ccccc1)S(=O)Cc1ccc(Br)cc1. The summed E-state index contributed by atoms with van der Waals surface area (Å²) in [5, 5.41) is 8.32. The molecule has 2 rings (SSSR count). The van der Waals surface area contributed by atoms with E-state index in [9.17, 15) is 14.1 Å². The van der Waals surface area contributed by atoms with Crippen LogP contribution in [0.4, 0.5) is 0 Å². The molecule has 1 N–H and O–H groups in total. The molecule has 0 aromatic heterocycles. The zero-order chi connectivity index (χ0) is 14.5. The number of hydrogen-bond donors (Lipinski definition) is 1. The van der Waals surface area contributed by atoms with Crippen molar-refractivity contribution in [3.8, 4) is 0 Å². The highest BCUT2D eigenvalue weighted by Gasteiger charge is 2.26. The van der Waals surface area contributed by atoms with Crippen molar-refractivity contribution in [2.24, 2.45) is 0 Å². The summed E-state index contributed by atoms with van der Waals surface area (Å²) < 4.78 is 13.3. The molecule has 0 saturated carbocycles. The maximum Gasteiger partial charge on any atom is 0.323 e. The van der Waals surface area contributed by atoms with Gasteiger partial charge < -0.3 is 5.11 Å². The molecule has 2 aromatic rings. The number of carboxylic acid groups (broad SMARTS) is 1. The lowest BCUT2D eigenvalue weighted by atomic mass is 10.1. The highest BCUT2D eigenvalue weighted by atomic mass is 79.9. The van der Waals surface area contributed by atoms with Crippen LogP contribution in [0.2, 0.25) is 0 Å². The number of halogens is 1. The average molecular weight is 353 g/mol. The normalized spacial score (nSPS) is 13.7. The van der Waals surface area contributed by atoms with E-state index in [1.165, 1.54) is 0 Å². The molecule has 3 nitrogen and oxygen atoms in total. The van der Waals surface area contributed by atoms with Crippen LogP contribution in [-0.2, 0) is 21.3 Å². The molecule has 2 unspecified atom stereocenters. The number of carboxylic acids is 1. The van der Waals surface area contributed by atoms with Crippen molar-refractivity contribution in [2.75, 3.05) is 0 Å². The van der Waals surface area contributed by atoms with E-state index in [4.69, 9.17) is 0 Å². The minimum Gasteiger partial charge on any atom is -0.480 e. The van der Waals surface area contributed by atoms with E-state index in [0.717, 1.165) is 10.0 Å². The minimum atomic E-state index is -1.51. The van der Waals surface area contributed by atoms with Gasteiger partial charge in [-0.15, -0.1) is 0 Å². The third-order valence-corrected chi connectivity index (χ3v) is 4.96. The predicted octanol–water partition coefficient (Wildman–Crippen LogP) is 3.52. The van der Waals surface area contributed by atoms with Gasteiger partial charge in [0.25, 0.3) is 0 Å². The Hall–Kier alpha value is -1.46. The van der Waals surface area contributed by atoms with E-state index in [2.05, 4.69) is 15.9 Å². The fourth-order valence-corrected chi connectivity index (χ4v) is 3.50. The van der Waals surface area contributed by atoms with Gasteiger partial charge in [0, 0.05) is 21.0 Å². The van der Waals surface area contributed by atoms with Crippen molar-refractivity contribution in [2.45, 2.75) is 11.0 Å². The van der Waals surface area contributed by atoms with Crippen LogP contribution in [0.15, 0.2) is 59.1 Å². The molecule has 104 valence electrons. The zero-order valence-corrected chi connectivity index (χ0v) is 12.9. The molecule has 0 amide bonds. The van der Waals surface area contributed by atoms with Gasteiger partial charge in [0.15, 0.2) is 5.25 Å². The summed E-state index contributed by atoms with van der Waals surface area (Å²) in [5.41, 5.74) is 1.42. The first-order chi connectivity index (χ1) is 9.58. The molecule has 0 saturated heterocycles. The molecule has 0 heterocycles. The van der Waals surface area contributed by atoms with Crippen LogP contribution >= 0.6 is 15.9 Å². The minimum absolute atomic E-state index is 0.221. The van der Waals surface area contributed by atoms with E-state index in [-0.39, 0.29) is 5.75 Å². The Balaban J connectivity index is 2.20. The Labute approximate surface area is 128 Å². The van der Waals surface area contributed by atoms with Crippen LogP contribution < -0.4 is 0 Å². The van der Waals surface area contributed by atoms with E-state index in [1.807, 2.05) is 24.3 Å². The quantitative estimate of drug-likeness (QED) is 0.895. The Morgan fingerprint density at radius 3 is 2.25 bits per heavy atom. The lowest BCUT2D eigenvalue weighted by Gasteiger charge is -2.12. The first kappa shape index (κ1) is 14.9. The molecule has 0 spiro atoms. The van der Waals surface area contributed by atoms with Crippen LogP contribution in [0.5, 0.6) is 0 Å². The van der Waals surface area contributed by atoms with Crippen molar-refractivity contribution < 1.29 is 14.1 Å². The second-order valence-electron chi connectivity index (χ2n) is 4.28. The second-order valence-corrected chi connectivity index (χ2v) is 6.72. The number of rotatable bonds is 5. The number of hydrogen-bond acceptors (Lipinski definition) is 2.